The Hall–Kier alpha value is -1.45. The molecule has 0 unspecified atom stereocenters. The van der Waals surface area contributed by atoms with Gasteiger partial charge in [-0.15, -0.1) is 0 Å². The molecule has 13 heavy (non-hydrogen) atoms. The molecule has 1 rings (SSSR count). The fourth-order valence-electron chi connectivity index (χ4n) is 1.53. The third-order valence-corrected chi connectivity index (χ3v) is 2.10. The van der Waals surface area contributed by atoms with Gasteiger partial charge in [-0.25, -0.2) is 0 Å². The van der Waals surface area contributed by atoms with Crippen molar-refractivity contribution in [1.82, 2.24) is 5.32 Å². The highest BCUT2D eigenvalue weighted by atomic mass is 15.0. The van der Waals surface area contributed by atoms with Crippen LogP contribution in [0.2, 0.25) is 0 Å². The van der Waals surface area contributed by atoms with Gasteiger partial charge in [-0.05, 0) is 25.7 Å². The molecule has 6 N–H and O–H groups in total. The van der Waals surface area contributed by atoms with Crippen molar-refractivity contribution in [2.75, 3.05) is 0 Å². The van der Waals surface area contributed by atoms with Crippen LogP contribution in [-0.4, -0.2) is 5.84 Å². The molecule has 4 nitrogen and oxygen atoms in total. The SMILES string of the molecule is C=C(N)NC1=C(C(=N)N)CCCC1. The van der Waals surface area contributed by atoms with Crippen molar-refractivity contribution in [2.24, 2.45) is 11.5 Å². The quantitative estimate of drug-likeness (QED) is 0.382. The van der Waals surface area contributed by atoms with Crippen LogP contribution in [0.5, 0.6) is 0 Å². The van der Waals surface area contributed by atoms with Crippen LogP contribution in [0.3, 0.4) is 0 Å². The van der Waals surface area contributed by atoms with Crippen molar-refractivity contribution >= 4 is 5.84 Å². The Balaban J connectivity index is 2.83. The smallest absolute Gasteiger partial charge is 0.120 e. The highest BCUT2D eigenvalue weighted by Gasteiger charge is 2.14. The summed E-state index contributed by atoms with van der Waals surface area (Å²) in [5.74, 6) is 0.555. The van der Waals surface area contributed by atoms with Crippen LogP contribution in [-0.2, 0) is 0 Å². The van der Waals surface area contributed by atoms with Gasteiger partial charge in [0.15, 0.2) is 0 Å². The molecule has 0 aromatic heterocycles. The van der Waals surface area contributed by atoms with Crippen LogP contribution < -0.4 is 16.8 Å². The maximum absolute atomic E-state index is 7.37. The predicted octanol–water partition coefficient (Wildman–Crippen LogP) is 0.770. The minimum absolute atomic E-state index is 0.142. The Kier molecular flexibility index (Phi) is 2.95. The molecule has 1 aliphatic carbocycles. The van der Waals surface area contributed by atoms with E-state index in [0.29, 0.717) is 5.82 Å². The summed E-state index contributed by atoms with van der Waals surface area (Å²) < 4.78 is 0. The van der Waals surface area contributed by atoms with Crippen molar-refractivity contribution < 1.29 is 0 Å². The van der Waals surface area contributed by atoms with E-state index in [0.717, 1.165) is 37.0 Å². The van der Waals surface area contributed by atoms with Crippen molar-refractivity contribution in [1.29, 1.82) is 5.41 Å². The minimum Gasteiger partial charge on any atom is -0.386 e. The number of allylic oxidation sites excluding steroid dienone is 1. The second-order valence-corrected chi connectivity index (χ2v) is 3.23. The first kappa shape index (κ1) is 9.64. The predicted molar refractivity (Wildman–Crippen MR) is 53.9 cm³/mol. The average molecular weight is 180 g/mol. The summed E-state index contributed by atoms with van der Waals surface area (Å²) in [6, 6.07) is 0. The summed E-state index contributed by atoms with van der Waals surface area (Å²) in [6.07, 6.45) is 3.99. The molecular weight excluding hydrogens is 164 g/mol. The number of rotatable bonds is 3. The Morgan fingerprint density at radius 3 is 2.46 bits per heavy atom. The number of nitrogens with two attached hydrogens (primary N) is 2. The Bertz CT molecular complexity index is 265. The van der Waals surface area contributed by atoms with Crippen LogP contribution in [0.25, 0.3) is 0 Å². The van der Waals surface area contributed by atoms with Gasteiger partial charge in [0.05, 0.1) is 5.82 Å². The molecule has 0 spiro atoms. The number of hydrogen-bond acceptors (Lipinski definition) is 3. The number of hydrogen-bond donors (Lipinski definition) is 4. The van der Waals surface area contributed by atoms with Gasteiger partial charge in [0.25, 0.3) is 0 Å². The van der Waals surface area contributed by atoms with Gasteiger partial charge in [0, 0.05) is 11.3 Å². The summed E-state index contributed by atoms with van der Waals surface area (Å²) in [4.78, 5) is 0. The lowest BCUT2D eigenvalue weighted by Gasteiger charge is -2.20. The molecule has 1 aliphatic rings. The normalized spacial score (nSPS) is 16.9. The molecule has 0 amide bonds. The van der Waals surface area contributed by atoms with E-state index in [2.05, 4.69) is 11.9 Å². The lowest BCUT2D eigenvalue weighted by atomic mass is 9.95. The van der Waals surface area contributed by atoms with E-state index in [1.165, 1.54) is 0 Å². The average Bonchev–Trinajstić information content (AvgIpc) is 2.03. The van der Waals surface area contributed by atoms with Crippen LogP contribution in [0.15, 0.2) is 23.7 Å². The van der Waals surface area contributed by atoms with E-state index in [4.69, 9.17) is 16.9 Å². The molecule has 0 atom stereocenters. The minimum atomic E-state index is 0.142. The largest absolute Gasteiger partial charge is 0.386 e. The van der Waals surface area contributed by atoms with Gasteiger partial charge in [-0.1, -0.05) is 6.58 Å². The first-order chi connectivity index (χ1) is 6.11. The maximum Gasteiger partial charge on any atom is 0.120 e. The Labute approximate surface area is 78.2 Å². The fraction of sp³-hybridized carbons (Fsp3) is 0.444. The van der Waals surface area contributed by atoms with Gasteiger partial charge in [0.1, 0.15) is 5.84 Å². The molecule has 0 radical (unpaired) electrons. The summed E-state index contributed by atoms with van der Waals surface area (Å²) in [5, 5.41) is 10.3. The van der Waals surface area contributed by atoms with E-state index in [-0.39, 0.29) is 5.84 Å². The molecule has 0 heterocycles. The first-order valence-electron chi connectivity index (χ1n) is 4.39. The maximum atomic E-state index is 7.37. The molecule has 0 bridgehead atoms. The fourth-order valence-corrected chi connectivity index (χ4v) is 1.53. The molecule has 0 saturated heterocycles. The molecule has 0 fully saturated rings. The summed E-state index contributed by atoms with van der Waals surface area (Å²) in [5.41, 5.74) is 12.7. The third-order valence-electron chi connectivity index (χ3n) is 2.10. The van der Waals surface area contributed by atoms with Crippen LogP contribution >= 0.6 is 0 Å². The standard InChI is InChI=1S/C9H16N4/c1-6(10)13-8-5-3-2-4-7(8)9(11)12/h13H,1-5,10H2,(H3,11,12). The number of amidine groups is 1. The van der Waals surface area contributed by atoms with Gasteiger partial charge >= 0.3 is 0 Å². The topological polar surface area (TPSA) is 87.9 Å². The summed E-state index contributed by atoms with van der Waals surface area (Å²) in [6.45, 7) is 3.56. The first-order valence-corrected chi connectivity index (χ1v) is 4.39. The molecular formula is C9H16N4. The van der Waals surface area contributed by atoms with E-state index in [1.54, 1.807) is 0 Å². The van der Waals surface area contributed by atoms with Crippen molar-refractivity contribution in [2.45, 2.75) is 25.7 Å². The molecule has 0 aromatic carbocycles. The second kappa shape index (κ2) is 3.98. The third kappa shape index (κ3) is 2.50. The van der Waals surface area contributed by atoms with E-state index < -0.39 is 0 Å². The lowest BCUT2D eigenvalue weighted by molar-refractivity contribution is 0.652. The van der Waals surface area contributed by atoms with Gasteiger partial charge < -0.3 is 16.8 Å². The zero-order valence-electron chi connectivity index (χ0n) is 7.69. The highest BCUT2D eigenvalue weighted by Crippen LogP contribution is 2.22. The van der Waals surface area contributed by atoms with Gasteiger partial charge in [-0.3, -0.25) is 5.41 Å². The molecule has 0 aliphatic heterocycles. The zero-order chi connectivity index (χ0) is 9.84. The summed E-state index contributed by atoms with van der Waals surface area (Å²) >= 11 is 0. The monoisotopic (exact) mass is 180 g/mol. The lowest BCUT2D eigenvalue weighted by Crippen LogP contribution is -2.26. The van der Waals surface area contributed by atoms with Crippen LogP contribution in [0, 0.1) is 5.41 Å². The highest BCUT2D eigenvalue weighted by molar-refractivity contribution is 5.95. The molecule has 4 heteroatoms. The van der Waals surface area contributed by atoms with Crippen molar-refractivity contribution in [3.8, 4) is 0 Å². The van der Waals surface area contributed by atoms with Crippen LogP contribution in [0.1, 0.15) is 25.7 Å². The van der Waals surface area contributed by atoms with Crippen LogP contribution in [0.4, 0.5) is 0 Å². The van der Waals surface area contributed by atoms with Crippen molar-refractivity contribution in [3.05, 3.63) is 23.7 Å². The Morgan fingerprint density at radius 1 is 1.31 bits per heavy atom. The second-order valence-electron chi connectivity index (χ2n) is 3.23. The van der Waals surface area contributed by atoms with Gasteiger partial charge in [-0.2, -0.15) is 0 Å². The van der Waals surface area contributed by atoms with E-state index in [1.807, 2.05) is 0 Å². The van der Waals surface area contributed by atoms with Crippen molar-refractivity contribution in [3.63, 3.8) is 0 Å². The molecule has 72 valence electrons. The molecule has 0 saturated carbocycles. The number of nitrogens with one attached hydrogen (secondary N) is 2. The zero-order valence-corrected chi connectivity index (χ0v) is 7.69. The van der Waals surface area contributed by atoms with E-state index in [9.17, 15) is 0 Å². The molecule has 0 aromatic rings. The van der Waals surface area contributed by atoms with Gasteiger partial charge in [0.2, 0.25) is 0 Å². The summed E-state index contributed by atoms with van der Waals surface area (Å²) in [7, 11) is 0. The van der Waals surface area contributed by atoms with E-state index >= 15 is 0 Å². The Morgan fingerprint density at radius 2 is 1.92 bits per heavy atom.